The van der Waals surface area contributed by atoms with E-state index in [4.69, 9.17) is 23.7 Å². The largest absolute Gasteiger partial charge is 0.480 e. The summed E-state index contributed by atoms with van der Waals surface area (Å²) in [5, 5.41) is 12.1. The molecule has 2 N–H and O–H groups in total. The Balaban J connectivity index is -0.00000217. The molecule has 0 saturated heterocycles. The van der Waals surface area contributed by atoms with Crippen LogP contribution in [0.3, 0.4) is 0 Å². The van der Waals surface area contributed by atoms with Gasteiger partial charge < -0.3 is 34.1 Å². The van der Waals surface area contributed by atoms with Crippen LogP contribution < -0.4 is 5.32 Å². The van der Waals surface area contributed by atoms with E-state index >= 15 is 0 Å². The van der Waals surface area contributed by atoms with Gasteiger partial charge in [0.2, 0.25) is 5.91 Å². The topological polar surface area (TPSA) is 198 Å². The fourth-order valence-electron chi connectivity index (χ4n) is 6.62. The highest BCUT2D eigenvalue weighted by molar-refractivity contribution is 5.85. The third-order valence-corrected chi connectivity index (χ3v) is 11.4. The van der Waals surface area contributed by atoms with Gasteiger partial charge in [-0.15, -0.1) is 0 Å². The van der Waals surface area contributed by atoms with E-state index in [-0.39, 0.29) is 86.7 Å². The molecule has 0 unspecified atom stereocenters. The van der Waals surface area contributed by atoms with E-state index in [1.807, 2.05) is 48.5 Å². The Morgan fingerprint density at radius 1 is 0.420 bits per heavy atom. The second-order valence-corrected chi connectivity index (χ2v) is 20.0. The lowest BCUT2D eigenvalue weighted by Crippen LogP contribution is -2.41. The second-order valence-electron chi connectivity index (χ2n) is 20.0. The van der Waals surface area contributed by atoms with Crippen molar-refractivity contribution in [1.82, 2.24) is 5.32 Å². The van der Waals surface area contributed by atoms with Crippen LogP contribution in [0.15, 0.2) is 0 Å². The highest BCUT2D eigenvalue weighted by Crippen LogP contribution is 2.17. The number of nitrogens with one attached hydrogen (secondary N) is 1. The van der Waals surface area contributed by atoms with Crippen LogP contribution in [0.4, 0.5) is 0 Å². The number of unbranched alkanes of at least 4 members (excludes halogenated alkanes) is 14. The lowest BCUT2D eigenvalue weighted by atomic mass is 9.89. The van der Waals surface area contributed by atoms with Crippen LogP contribution in [-0.2, 0) is 57.2 Å². The molecule has 0 aromatic heterocycles. The fourth-order valence-corrected chi connectivity index (χ4v) is 6.62. The quantitative estimate of drug-likeness (QED) is 0.0547. The number of ketones is 5. The van der Waals surface area contributed by atoms with Crippen molar-refractivity contribution in [1.29, 1.82) is 0 Å². The Kier molecular flexibility index (Phi) is 48.3. The van der Waals surface area contributed by atoms with Crippen molar-refractivity contribution in [2.45, 2.75) is 236 Å². The van der Waals surface area contributed by atoms with E-state index in [2.05, 4.69) is 12.2 Å². The highest BCUT2D eigenvalue weighted by atomic mass is 16.5. The number of carbonyl (C=O) groups is 7. The van der Waals surface area contributed by atoms with E-state index in [9.17, 15) is 38.7 Å². The monoisotopic (exact) mass is 986 g/mol. The maximum absolute atomic E-state index is 12.3. The Hall–Kier alpha value is -2.91. The number of carbonyl (C=O) groups excluding carboxylic acids is 6. The summed E-state index contributed by atoms with van der Waals surface area (Å²) < 4.78 is 26.9. The minimum absolute atomic E-state index is 0. The SMILES string of the molecule is C.CCC(=O)CCCOCCC(=O)C(C)(C)C.CCCCCCCCCCCCCCCCCC(=O)N[C@@H](CCC(=O)CCCOCCOCC(=O)CCCOCCOCC(=O)C(C)(C)C)C(=O)O. The first kappa shape index (κ1) is 70.3. The molecule has 0 aromatic carbocycles. The van der Waals surface area contributed by atoms with Crippen molar-refractivity contribution in [3.63, 3.8) is 0 Å². The summed E-state index contributed by atoms with van der Waals surface area (Å²) in [6.45, 7) is 18.6. The van der Waals surface area contributed by atoms with Crippen LogP contribution in [0.2, 0.25) is 0 Å². The summed E-state index contributed by atoms with van der Waals surface area (Å²) in [6.07, 6.45) is 23.2. The van der Waals surface area contributed by atoms with Gasteiger partial charge in [0, 0.05) is 75.6 Å². The molecule has 0 aromatic rings. The first-order valence-corrected chi connectivity index (χ1v) is 26.4. The molecule has 0 bridgehead atoms. The molecule has 14 nitrogen and oxygen atoms in total. The van der Waals surface area contributed by atoms with Gasteiger partial charge in [0.15, 0.2) is 11.6 Å². The number of Topliss-reactive ketones (excluding diaryl/α,β-unsaturated/α-hetero) is 5. The van der Waals surface area contributed by atoms with Crippen LogP contribution in [0.25, 0.3) is 0 Å². The Morgan fingerprint density at radius 3 is 1.28 bits per heavy atom. The van der Waals surface area contributed by atoms with E-state index in [1.165, 1.54) is 77.0 Å². The van der Waals surface area contributed by atoms with Crippen LogP contribution in [0.1, 0.15) is 230 Å². The molecule has 0 aliphatic heterocycles. The Morgan fingerprint density at radius 2 is 0.826 bits per heavy atom. The van der Waals surface area contributed by atoms with Crippen LogP contribution in [0, 0.1) is 10.8 Å². The summed E-state index contributed by atoms with van der Waals surface area (Å²) in [5.41, 5.74) is -0.693. The zero-order valence-corrected chi connectivity index (χ0v) is 44.4. The lowest BCUT2D eigenvalue weighted by Gasteiger charge is -2.16. The van der Waals surface area contributed by atoms with Crippen molar-refractivity contribution < 1.29 is 62.4 Å². The summed E-state index contributed by atoms with van der Waals surface area (Å²) in [7, 11) is 0. The minimum atomic E-state index is -1.12. The molecule has 0 radical (unpaired) electrons. The molecule has 0 saturated carbocycles. The number of hydrogen-bond acceptors (Lipinski definition) is 12. The molecule has 69 heavy (non-hydrogen) atoms. The highest BCUT2D eigenvalue weighted by Gasteiger charge is 2.22. The van der Waals surface area contributed by atoms with Gasteiger partial charge in [0.05, 0.1) is 33.0 Å². The van der Waals surface area contributed by atoms with Gasteiger partial charge in [-0.2, -0.15) is 0 Å². The van der Waals surface area contributed by atoms with E-state index in [0.29, 0.717) is 91.2 Å². The van der Waals surface area contributed by atoms with Gasteiger partial charge in [-0.1, -0.05) is 153 Å². The van der Waals surface area contributed by atoms with Crippen molar-refractivity contribution in [3.05, 3.63) is 0 Å². The Bertz CT molecular complexity index is 1320. The van der Waals surface area contributed by atoms with E-state index in [0.717, 1.165) is 25.7 Å². The predicted molar refractivity (Wildman–Crippen MR) is 276 cm³/mol. The van der Waals surface area contributed by atoms with Crippen LogP contribution in [-0.4, -0.2) is 118 Å². The average Bonchev–Trinajstić information content (AvgIpc) is 3.28. The Labute approximate surface area is 420 Å². The molecule has 406 valence electrons. The zero-order valence-electron chi connectivity index (χ0n) is 44.4. The molecular weight excluding hydrogens is 883 g/mol. The lowest BCUT2D eigenvalue weighted by molar-refractivity contribution is -0.142. The van der Waals surface area contributed by atoms with Gasteiger partial charge in [-0.05, 0) is 32.1 Å². The van der Waals surface area contributed by atoms with Crippen LogP contribution in [0.5, 0.6) is 0 Å². The molecular formula is C55H103NO13. The molecule has 0 rings (SSSR count). The van der Waals surface area contributed by atoms with E-state index < -0.39 is 17.4 Å². The molecule has 1 atom stereocenters. The molecule has 0 fully saturated rings. The average molecular weight is 986 g/mol. The van der Waals surface area contributed by atoms with Gasteiger partial charge in [0.25, 0.3) is 0 Å². The third-order valence-electron chi connectivity index (χ3n) is 11.4. The number of carboxylic acids is 1. The van der Waals surface area contributed by atoms with Gasteiger partial charge in [-0.3, -0.25) is 28.8 Å². The normalized spacial score (nSPS) is 11.8. The van der Waals surface area contributed by atoms with Crippen molar-refractivity contribution in [2.24, 2.45) is 10.8 Å². The van der Waals surface area contributed by atoms with Crippen LogP contribution >= 0.6 is 0 Å². The molecule has 1 amide bonds. The van der Waals surface area contributed by atoms with Crippen molar-refractivity contribution in [2.75, 3.05) is 66.1 Å². The maximum atomic E-state index is 12.3. The van der Waals surface area contributed by atoms with Crippen molar-refractivity contribution in [3.8, 4) is 0 Å². The predicted octanol–water partition coefficient (Wildman–Crippen LogP) is 11.4. The first-order valence-electron chi connectivity index (χ1n) is 26.4. The van der Waals surface area contributed by atoms with Gasteiger partial charge in [-0.25, -0.2) is 4.79 Å². The summed E-state index contributed by atoms with van der Waals surface area (Å²) >= 11 is 0. The number of aliphatic carboxylic acids is 1. The summed E-state index contributed by atoms with van der Waals surface area (Å²) in [6, 6.07) is -1.06. The number of amides is 1. The molecule has 0 aliphatic rings. The molecule has 0 heterocycles. The number of hydrogen-bond donors (Lipinski definition) is 2. The summed E-state index contributed by atoms with van der Waals surface area (Å²) in [5.74, 6) is -0.959. The minimum Gasteiger partial charge on any atom is -0.480 e. The fraction of sp³-hybridized carbons (Fsp3) is 0.873. The first-order chi connectivity index (χ1) is 32.3. The van der Waals surface area contributed by atoms with Gasteiger partial charge >= 0.3 is 5.97 Å². The molecule has 14 heteroatoms. The number of rotatable bonds is 47. The molecule has 0 spiro atoms. The maximum Gasteiger partial charge on any atom is 0.326 e. The molecule has 0 aliphatic carbocycles. The summed E-state index contributed by atoms with van der Waals surface area (Å²) in [4.78, 5) is 82.4. The zero-order chi connectivity index (χ0) is 51.3. The number of carboxylic acid groups (broad SMARTS) is 1. The van der Waals surface area contributed by atoms with Gasteiger partial charge in [0.1, 0.15) is 36.6 Å². The number of ether oxygens (including phenoxy) is 5. The standard InChI is InChI=1S/C41H75NO10.C13H24O3.CH4/c1-5-6-7-8-9-10-11-12-13-14-15-16-17-18-19-24-39(46)42-37(40(47)48)26-25-35(43)22-20-27-49-29-31-51-33-36(44)23-21-28-50-30-32-52-34-38(45)41(2,3)4;1-5-11(14)7-6-9-16-10-8-12(15)13(2,3)4;/h37H,5-34H2,1-4H3,(H,42,46)(H,47,48);5-10H2,1-4H3;1H4/t37-;;/m0../s1. The second kappa shape index (κ2) is 47.4. The van der Waals surface area contributed by atoms with E-state index in [1.54, 1.807) is 0 Å². The smallest absolute Gasteiger partial charge is 0.326 e. The third kappa shape index (κ3) is 49.9. The van der Waals surface area contributed by atoms with Crippen molar-refractivity contribution >= 4 is 40.8 Å².